The molecule has 1 saturated heterocycles. The third kappa shape index (κ3) is 4.79. The molecule has 1 aromatic carbocycles. The predicted octanol–water partition coefficient (Wildman–Crippen LogP) is 4.90. The summed E-state index contributed by atoms with van der Waals surface area (Å²) in [6.45, 7) is 15.2. The van der Waals surface area contributed by atoms with Crippen molar-refractivity contribution in [2.75, 3.05) is 20.3 Å². The molecule has 3 aliphatic rings. The van der Waals surface area contributed by atoms with Crippen LogP contribution in [0.5, 0.6) is 5.75 Å². The number of cyclic esters (lactones) is 1. The van der Waals surface area contributed by atoms with E-state index in [0.29, 0.717) is 19.3 Å². The number of Topliss-reactive ketones (excluding diaryl/α,β-unsaturated/α-hetero) is 1. The van der Waals surface area contributed by atoms with Crippen LogP contribution < -0.4 is 4.74 Å². The lowest BCUT2D eigenvalue weighted by Gasteiger charge is -2.66. The van der Waals surface area contributed by atoms with Gasteiger partial charge in [-0.1, -0.05) is 46.8 Å². The maximum Gasteiger partial charge on any atom is 0.314 e. The molecule has 0 bridgehead atoms. The summed E-state index contributed by atoms with van der Waals surface area (Å²) in [6, 6.07) is 7.58. The molecule has 0 spiro atoms. The third-order valence-electron chi connectivity index (χ3n) is 9.62. The molecule has 0 amide bonds. The van der Waals surface area contributed by atoms with Gasteiger partial charge in [0.15, 0.2) is 8.32 Å². The number of carbonyl (C=O) groups excluding carboxylic acids is 2. The van der Waals surface area contributed by atoms with Gasteiger partial charge in [-0.3, -0.25) is 9.59 Å². The highest BCUT2D eigenvalue weighted by Crippen LogP contribution is 2.65. The number of ether oxygens (including phenoxy) is 3. The van der Waals surface area contributed by atoms with E-state index in [4.69, 9.17) is 18.6 Å². The van der Waals surface area contributed by atoms with Crippen molar-refractivity contribution < 1.29 is 33.3 Å². The number of rotatable bonds is 8. The number of hydrogen-bond acceptors (Lipinski definition) is 7. The molecule has 2 saturated carbocycles. The van der Waals surface area contributed by atoms with Crippen LogP contribution in [0.15, 0.2) is 24.3 Å². The Balaban J connectivity index is 1.64. The van der Waals surface area contributed by atoms with Gasteiger partial charge in [0, 0.05) is 17.8 Å². The van der Waals surface area contributed by atoms with Crippen molar-refractivity contribution in [3.8, 4) is 5.75 Å². The van der Waals surface area contributed by atoms with E-state index < -0.39 is 37.3 Å². The van der Waals surface area contributed by atoms with E-state index in [-0.39, 0.29) is 42.0 Å². The minimum atomic E-state index is -2.21. The maximum atomic E-state index is 13.3. The largest absolute Gasteiger partial charge is 0.497 e. The second-order valence-corrected chi connectivity index (χ2v) is 18.4. The van der Waals surface area contributed by atoms with E-state index in [2.05, 4.69) is 47.7 Å². The fourth-order valence-electron chi connectivity index (χ4n) is 6.23. The molecule has 206 valence electrons. The van der Waals surface area contributed by atoms with Crippen molar-refractivity contribution in [1.29, 1.82) is 0 Å². The number of fused-ring (bicyclic) bond motifs is 1. The number of hydrogen-bond donors (Lipinski definition) is 1. The Morgan fingerprint density at radius 3 is 2.30 bits per heavy atom. The lowest BCUT2D eigenvalue weighted by atomic mass is 9.44. The zero-order valence-corrected chi connectivity index (χ0v) is 24.7. The molecule has 1 N–H and O–H groups in total. The van der Waals surface area contributed by atoms with Crippen LogP contribution in [-0.4, -0.2) is 57.2 Å². The SMILES string of the molecule is COc1ccc(CO[C@@H]2C[C@@]3(C4CC(C)(C)CC4=O)COC(=O)[C@@H](CO[Si](C)(C)C(C)(C)C)[C@@]23O)cc1. The molecular formula is C29H44O7Si. The molecule has 37 heavy (non-hydrogen) atoms. The van der Waals surface area contributed by atoms with E-state index in [1.807, 2.05) is 24.3 Å². The Morgan fingerprint density at radius 2 is 1.76 bits per heavy atom. The molecule has 1 aliphatic heterocycles. The van der Waals surface area contributed by atoms with Crippen LogP contribution in [0.4, 0.5) is 0 Å². The molecule has 4 rings (SSSR count). The molecule has 0 aromatic heterocycles. The lowest BCUT2D eigenvalue weighted by Crippen LogP contribution is -2.80. The summed E-state index contributed by atoms with van der Waals surface area (Å²) in [5.41, 5.74) is -1.62. The molecule has 7 nitrogen and oxygen atoms in total. The first kappa shape index (κ1) is 28.3. The van der Waals surface area contributed by atoms with Crippen LogP contribution >= 0.6 is 0 Å². The van der Waals surface area contributed by atoms with Gasteiger partial charge in [0.2, 0.25) is 0 Å². The summed E-state index contributed by atoms with van der Waals surface area (Å²) in [5.74, 6) is -0.873. The van der Waals surface area contributed by atoms with Crippen molar-refractivity contribution in [3.05, 3.63) is 29.8 Å². The summed E-state index contributed by atoms with van der Waals surface area (Å²) in [7, 11) is -0.592. The van der Waals surface area contributed by atoms with Crippen molar-refractivity contribution >= 4 is 20.1 Å². The zero-order chi connectivity index (χ0) is 27.4. The van der Waals surface area contributed by atoms with Gasteiger partial charge in [-0.05, 0) is 54.1 Å². The van der Waals surface area contributed by atoms with E-state index in [0.717, 1.165) is 11.3 Å². The standard InChI is InChI=1S/C29H44O7Si/c1-26(2,3)37(7,8)36-17-22-25(31)35-18-28(21-13-27(4,5)14-23(21)30)15-24(29(22,28)32)34-16-19-9-11-20(33-6)12-10-19/h9-12,21-22,24,32H,13-18H2,1-8H3/t21?,22-,24-,28+,29-/m1/s1. The highest BCUT2D eigenvalue weighted by Gasteiger charge is 2.77. The quantitative estimate of drug-likeness (QED) is 0.376. The van der Waals surface area contributed by atoms with Crippen LogP contribution in [0.1, 0.15) is 59.4 Å². The zero-order valence-electron chi connectivity index (χ0n) is 23.7. The van der Waals surface area contributed by atoms with Crippen molar-refractivity contribution in [2.45, 2.75) is 90.3 Å². The molecule has 1 aromatic rings. The summed E-state index contributed by atoms with van der Waals surface area (Å²) in [6.07, 6.45) is 0.987. The van der Waals surface area contributed by atoms with Crippen LogP contribution in [0.2, 0.25) is 18.1 Å². The van der Waals surface area contributed by atoms with Crippen LogP contribution in [0.3, 0.4) is 0 Å². The normalized spacial score (nSPS) is 33.5. The molecule has 1 heterocycles. The first-order valence-electron chi connectivity index (χ1n) is 13.4. The van der Waals surface area contributed by atoms with Crippen LogP contribution in [0, 0.1) is 22.7 Å². The minimum absolute atomic E-state index is 0.0355. The first-order valence-corrected chi connectivity index (χ1v) is 16.3. The van der Waals surface area contributed by atoms with E-state index >= 15 is 0 Å². The molecule has 0 radical (unpaired) electrons. The van der Waals surface area contributed by atoms with Gasteiger partial charge in [-0.15, -0.1) is 0 Å². The molecule has 2 aliphatic carbocycles. The summed E-state index contributed by atoms with van der Waals surface area (Å²) < 4.78 is 23.7. The fraction of sp³-hybridized carbons (Fsp3) is 0.724. The molecule has 8 heteroatoms. The number of ketones is 1. The maximum absolute atomic E-state index is 13.3. The Morgan fingerprint density at radius 1 is 1.11 bits per heavy atom. The van der Waals surface area contributed by atoms with Gasteiger partial charge >= 0.3 is 5.97 Å². The summed E-state index contributed by atoms with van der Waals surface area (Å²) >= 11 is 0. The van der Waals surface area contributed by atoms with Gasteiger partial charge in [0.05, 0.1) is 26.4 Å². The Labute approximate surface area is 222 Å². The van der Waals surface area contributed by atoms with Gasteiger partial charge in [0.25, 0.3) is 0 Å². The van der Waals surface area contributed by atoms with E-state index in [1.54, 1.807) is 7.11 Å². The van der Waals surface area contributed by atoms with E-state index in [9.17, 15) is 14.7 Å². The first-order chi connectivity index (χ1) is 17.1. The van der Waals surface area contributed by atoms with Gasteiger partial charge in [-0.2, -0.15) is 0 Å². The monoisotopic (exact) mass is 532 g/mol. The Bertz CT molecular complexity index is 1030. The van der Waals surface area contributed by atoms with Gasteiger partial charge in [0.1, 0.15) is 29.7 Å². The average Bonchev–Trinajstić information content (AvgIpc) is 3.09. The molecule has 1 unspecified atom stereocenters. The second-order valence-electron chi connectivity index (χ2n) is 13.6. The molecule has 3 fully saturated rings. The second kappa shape index (κ2) is 9.47. The van der Waals surface area contributed by atoms with E-state index in [1.165, 1.54) is 0 Å². The predicted molar refractivity (Wildman–Crippen MR) is 143 cm³/mol. The number of carbonyl (C=O) groups is 2. The number of benzene rings is 1. The third-order valence-corrected chi connectivity index (χ3v) is 14.1. The van der Waals surface area contributed by atoms with Crippen LogP contribution in [-0.2, 0) is 30.1 Å². The Hall–Kier alpha value is -1.74. The van der Waals surface area contributed by atoms with Crippen molar-refractivity contribution in [1.82, 2.24) is 0 Å². The minimum Gasteiger partial charge on any atom is -0.497 e. The molecular weight excluding hydrogens is 488 g/mol. The number of esters is 1. The van der Waals surface area contributed by atoms with Crippen molar-refractivity contribution in [2.24, 2.45) is 22.7 Å². The topological polar surface area (TPSA) is 91.3 Å². The number of methoxy groups -OCH3 is 1. The summed E-state index contributed by atoms with van der Waals surface area (Å²) in [5, 5.41) is 12.5. The molecule has 5 atom stereocenters. The van der Waals surface area contributed by atoms with Gasteiger partial charge in [-0.25, -0.2) is 0 Å². The lowest BCUT2D eigenvalue weighted by molar-refractivity contribution is -0.332. The van der Waals surface area contributed by atoms with Gasteiger partial charge < -0.3 is 23.7 Å². The highest BCUT2D eigenvalue weighted by molar-refractivity contribution is 6.74. The summed E-state index contributed by atoms with van der Waals surface area (Å²) in [4.78, 5) is 26.5. The van der Waals surface area contributed by atoms with Crippen LogP contribution in [0.25, 0.3) is 0 Å². The highest BCUT2D eigenvalue weighted by atomic mass is 28.4. The fourth-order valence-corrected chi connectivity index (χ4v) is 7.25. The van der Waals surface area contributed by atoms with Crippen molar-refractivity contribution in [3.63, 3.8) is 0 Å². The number of aliphatic hydroxyl groups is 1. The Kier molecular flexibility index (Phi) is 7.23. The smallest absolute Gasteiger partial charge is 0.314 e. The average molecular weight is 533 g/mol.